The Labute approximate surface area is 139 Å². The van der Waals surface area contributed by atoms with Gasteiger partial charge in [0.05, 0.1) is 11.1 Å². The number of halogens is 3. The fourth-order valence-corrected chi connectivity index (χ4v) is 3.37. The molecule has 6 heteroatoms. The van der Waals surface area contributed by atoms with Crippen molar-refractivity contribution in [1.29, 1.82) is 0 Å². The maximum Gasteiger partial charge on any atom is 0.414 e. The summed E-state index contributed by atoms with van der Waals surface area (Å²) in [5, 5.41) is 0.400. The van der Waals surface area contributed by atoms with Gasteiger partial charge in [-0.2, -0.15) is 0 Å². The fourth-order valence-electron chi connectivity index (χ4n) is 3.20. The second kappa shape index (κ2) is 5.07. The molecular weight excluding hydrogens is 324 g/mol. The van der Waals surface area contributed by atoms with E-state index in [0.29, 0.717) is 29.1 Å². The van der Waals surface area contributed by atoms with Crippen LogP contribution in [0, 0.1) is 0 Å². The zero-order chi connectivity index (χ0) is 17.0. The molecule has 0 N–H and O–H groups in total. The van der Waals surface area contributed by atoms with Crippen molar-refractivity contribution in [2.24, 2.45) is 0 Å². The van der Waals surface area contributed by atoms with Gasteiger partial charge >= 0.3 is 6.09 Å². The third-order valence-corrected chi connectivity index (χ3v) is 4.71. The molecule has 1 heterocycles. The van der Waals surface area contributed by atoms with E-state index in [0.717, 1.165) is 0 Å². The molecule has 0 unspecified atom stereocenters. The molecule has 0 bridgehead atoms. The van der Waals surface area contributed by atoms with Crippen LogP contribution in [-0.4, -0.2) is 24.2 Å². The first-order valence-corrected chi connectivity index (χ1v) is 8.12. The maximum absolute atomic E-state index is 14.7. The molecule has 1 aliphatic carbocycles. The second-order valence-corrected chi connectivity index (χ2v) is 7.77. The number of hydrogen-bond acceptors (Lipinski definition) is 2. The Balaban J connectivity index is 2.06. The van der Waals surface area contributed by atoms with Crippen molar-refractivity contribution in [3.63, 3.8) is 0 Å². The Morgan fingerprint density at radius 1 is 1.26 bits per heavy atom. The molecule has 1 fully saturated rings. The molecule has 3 nitrogen and oxygen atoms in total. The van der Waals surface area contributed by atoms with Crippen LogP contribution in [0.1, 0.15) is 45.6 Å². The first kappa shape index (κ1) is 16.5. The van der Waals surface area contributed by atoms with Crippen molar-refractivity contribution < 1.29 is 18.3 Å². The zero-order valence-electron chi connectivity index (χ0n) is 13.5. The molecule has 1 aliphatic heterocycles. The number of alkyl halides is 2. The minimum Gasteiger partial charge on any atom is -0.443 e. The molecule has 1 aromatic carbocycles. The van der Waals surface area contributed by atoms with Crippen LogP contribution >= 0.6 is 11.6 Å². The SMILES string of the molecule is CC(C)(C)OC(=O)N1CCC(F)(F)C2(CC2)c2cc(Cl)ccc21. The van der Waals surface area contributed by atoms with Gasteiger partial charge in [-0.05, 0) is 57.4 Å². The highest BCUT2D eigenvalue weighted by Gasteiger charge is 2.64. The van der Waals surface area contributed by atoms with Gasteiger partial charge < -0.3 is 4.74 Å². The number of nitrogens with zero attached hydrogens (tertiary/aromatic N) is 1. The van der Waals surface area contributed by atoms with Gasteiger partial charge in [0.2, 0.25) is 0 Å². The summed E-state index contributed by atoms with van der Waals surface area (Å²) in [6, 6.07) is 4.83. The number of benzene rings is 1. The smallest absolute Gasteiger partial charge is 0.414 e. The van der Waals surface area contributed by atoms with Crippen LogP contribution in [0.2, 0.25) is 5.02 Å². The standard InChI is InChI=1S/C17H20ClF2NO2/c1-15(2,3)23-14(22)21-9-8-17(19,20)16(6-7-16)12-10-11(18)4-5-13(12)21/h4-5,10H,6-9H2,1-3H3. The van der Waals surface area contributed by atoms with Gasteiger partial charge in [-0.1, -0.05) is 11.6 Å². The Hall–Kier alpha value is -1.36. The van der Waals surface area contributed by atoms with E-state index in [-0.39, 0.29) is 13.0 Å². The van der Waals surface area contributed by atoms with E-state index in [9.17, 15) is 13.6 Å². The van der Waals surface area contributed by atoms with E-state index in [4.69, 9.17) is 16.3 Å². The molecule has 1 spiro atoms. The predicted molar refractivity (Wildman–Crippen MR) is 85.5 cm³/mol. The summed E-state index contributed by atoms with van der Waals surface area (Å²) < 4.78 is 34.7. The first-order valence-electron chi connectivity index (χ1n) is 7.74. The molecular formula is C17H20ClF2NO2. The van der Waals surface area contributed by atoms with Crippen molar-refractivity contribution in [3.05, 3.63) is 28.8 Å². The molecule has 126 valence electrons. The van der Waals surface area contributed by atoms with Crippen molar-refractivity contribution in [1.82, 2.24) is 0 Å². The van der Waals surface area contributed by atoms with Crippen molar-refractivity contribution in [2.45, 2.75) is 57.0 Å². The van der Waals surface area contributed by atoms with E-state index in [1.165, 1.54) is 4.90 Å². The Bertz CT molecular complexity index is 650. The van der Waals surface area contributed by atoms with Gasteiger partial charge in [0.25, 0.3) is 5.92 Å². The topological polar surface area (TPSA) is 29.5 Å². The molecule has 0 radical (unpaired) electrons. The summed E-state index contributed by atoms with van der Waals surface area (Å²) in [5.41, 5.74) is -0.934. The average molecular weight is 344 g/mol. The molecule has 23 heavy (non-hydrogen) atoms. The largest absolute Gasteiger partial charge is 0.443 e. The second-order valence-electron chi connectivity index (χ2n) is 7.33. The molecule has 0 saturated heterocycles. The summed E-state index contributed by atoms with van der Waals surface area (Å²) in [4.78, 5) is 13.8. The number of amides is 1. The highest BCUT2D eigenvalue weighted by molar-refractivity contribution is 6.30. The van der Waals surface area contributed by atoms with Gasteiger partial charge in [0.15, 0.2) is 0 Å². The van der Waals surface area contributed by atoms with Crippen molar-refractivity contribution in [2.75, 3.05) is 11.4 Å². The monoisotopic (exact) mass is 343 g/mol. The van der Waals surface area contributed by atoms with E-state index < -0.39 is 23.0 Å². The normalized spacial score (nSPS) is 21.6. The Kier molecular flexibility index (Phi) is 3.63. The van der Waals surface area contributed by atoms with Crippen LogP contribution < -0.4 is 4.90 Å². The van der Waals surface area contributed by atoms with Crippen LogP contribution in [0.15, 0.2) is 18.2 Å². The fraction of sp³-hybridized carbons (Fsp3) is 0.588. The van der Waals surface area contributed by atoms with Crippen molar-refractivity contribution in [3.8, 4) is 0 Å². The molecule has 1 amide bonds. The zero-order valence-corrected chi connectivity index (χ0v) is 14.2. The first-order chi connectivity index (χ1) is 10.6. The summed E-state index contributed by atoms with van der Waals surface area (Å²) in [7, 11) is 0. The van der Waals surface area contributed by atoms with Crippen LogP contribution in [-0.2, 0) is 10.2 Å². The van der Waals surface area contributed by atoms with E-state index in [2.05, 4.69) is 0 Å². The molecule has 0 atom stereocenters. The molecule has 3 rings (SSSR count). The van der Waals surface area contributed by atoms with Crippen LogP contribution in [0.3, 0.4) is 0 Å². The van der Waals surface area contributed by atoms with Gasteiger partial charge in [0, 0.05) is 18.0 Å². The van der Waals surface area contributed by atoms with Gasteiger partial charge in [-0.15, -0.1) is 0 Å². The number of anilines is 1. The van der Waals surface area contributed by atoms with E-state index in [1.54, 1.807) is 39.0 Å². The minimum atomic E-state index is -2.86. The molecule has 1 aromatic rings. The average Bonchev–Trinajstić information content (AvgIpc) is 3.19. The Morgan fingerprint density at radius 3 is 2.48 bits per heavy atom. The summed E-state index contributed by atoms with van der Waals surface area (Å²) in [6.07, 6.45) is -0.154. The number of carbonyl (C=O) groups is 1. The third kappa shape index (κ3) is 2.80. The lowest BCUT2D eigenvalue weighted by Gasteiger charge is -2.28. The number of rotatable bonds is 0. The van der Waals surface area contributed by atoms with Crippen LogP contribution in [0.25, 0.3) is 0 Å². The number of fused-ring (bicyclic) bond motifs is 2. The van der Waals surface area contributed by atoms with Gasteiger partial charge in [0.1, 0.15) is 5.60 Å². The Morgan fingerprint density at radius 2 is 1.91 bits per heavy atom. The molecule has 0 aromatic heterocycles. The number of ether oxygens (including phenoxy) is 1. The van der Waals surface area contributed by atoms with Crippen LogP contribution in [0.4, 0.5) is 19.3 Å². The van der Waals surface area contributed by atoms with Crippen molar-refractivity contribution >= 4 is 23.4 Å². The lowest BCUT2D eigenvalue weighted by atomic mass is 9.87. The van der Waals surface area contributed by atoms with E-state index >= 15 is 0 Å². The maximum atomic E-state index is 14.7. The predicted octanol–water partition coefficient (Wildman–Crippen LogP) is 5.15. The summed E-state index contributed by atoms with van der Waals surface area (Å²) >= 11 is 6.03. The molecule has 1 saturated carbocycles. The van der Waals surface area contributed by atoms with Crippen LogP contribution in [0.5, 0.6) is 0 Å². The number of carbonyl (C=O) groups excluding carboxylic acids is 1. The highest BCUT2D eigenvalue weighted by Crippen LogP contribution is 2.62. The summed E-state index contributed by atoms with van der Waals surface area (Å²) in [5.74, 6) is -2.86. The summed E-state index contributed by atoms with van der Waals surface area (Å²) in [6.45, 7) is 5.19. The third-order valence-electron chi connectivity index (χ3n) is 4.48. The van der Waals surface area contributed by atoms with E-state index in [1.807, 2.05) is 0 Å². The molecule has 2 aliphatic rings. The lowest BCUT2D eigenvalue weighted by molar-refractivity contribution is -0.0430. The number of hydrogen-bond donors (Lipinski definition) is 0. The highest BCUT2D eigenvalue weighted by atomic mass is 35.5. The quantitative estimate of drug-likeness (QED) is 0.651. The minimum absolute atomic E-state index is 0.0711. The van der Waals surface area contributed by atoms with Gasteiger partial charge in [-0.3, -0.25) is 4.90 Å². The van der Waals surface area contributed by atoms with Gasteiger partial charge in [-0.25, -0.2) is 13.6 Å². The lowest BCUT2D eigenvalue weighted by Crippen LogP contribution is -2.38.